The van der Waals surface area contributed by atoms with Crippen molar-refractivity contribution in [3.05, 3.63) is 24.3 Å². The minimum atomic E-state index is 0. The highest BCUT2D eigenvalue weighted by Gasteiger charge is 1.98. The van der Waals surface area contributed by atoms with E-state index in [1.54, 1.807) is 21.3 Å². The minimum Gasteiger partial charge on any atom is -0.497 e. The van der Waals surface area contributed by atoms with Crippen molar-refractivity contribution in [1.82, 2.24) is 10.6 Å². The van der Waals surface area contributed by atoms with Gasteiger partial charge < -0.3 is 24.8 Å². The van der Waals surface area contributed by atoms with E-state index in [0.29, 0.717) is 19.8 Å². The number of nitrogens with one attached hydrogen (secondary N) is 2. The maximum Gasteiger partial charge on any atom is 0.191 e. The van der Waals surface area contributed by atoms with Gasteiger partial charge in [-0.1, -0.05) is 0 Å². The number of rotatable bonds is 8. The topological polar surface area (TPSA) is 64.1 Å². The average molecular weight is 409 g/mol. The molecule has 0 spiro atoms. The van der Waals surface area contributed by atoms with Crippen LogP contribution in [0.25, 0.3) is 0 Å². The van der Waals surface area contributed by atoms with Gasteiger partial charge >= 0.3 is 0 Å². The van der Waals surface area contributed by atoms with Crippen molar-refractivity contribution in [2.45, 2.75) is 0 Å². The quantitative estimate of drug-likeness (QED) is 0.295. The minimum absolute atomic E-state index is 0. The monoisotopic (exact) mass is 409 g/mol. The Bertz CT molecular complexity index is 399. The highest BCUT2D eigenvalue weighted by atomic mass is 127. The van der Waals surface area contributed by atoms with Crippen LogP contribution in [0.2, 0.25) is 0 Å². The zero-order valence-corrected chi connectivity index (χ0v) is 15.0. The van der Waals surface area contributed by atoms with Gasteiger partial charge in [0.2, 0.25) is 0 Å². The Hall–Kier alpha value is -1.22. The lowest BCUT2D eigenvalue weighted by Gasteiger charge is -2.12. The van der Waals surface area contributed by atoms with E-state index in [-0.39, 0.29) is 24.0 Å². The molecule has 0 radical (unpaired) electrons. The maximum absolute atomic E-state index is 5.60. The summed E-state index contributed by atoms with van der Waals surface area (Å²) in [6.07, 6.45) is 0. The molecule has 0 saturated heterocycles. The fraction of sp³-hybridized carbons (Fsp3) is 0.500. The van der Waals surface area contributed by atoms with Crippen LogP contribution >= 0.6 is 24.0 Å². The first-order valence-corrected chi connectivity index (χ1v) is 6.50. The van der Waals surface area contributed by atoms with Gasteiger partial charge in [-0.15, -0.1) is 24.0 Å². The summed E-state index contributed by atoms with van der Waals surface area (Å²) in [5.74, 6) is 2.37. The van der Waals surface area contributed by atoms with Crippen LogP contribution in [0.15, 0.2) is 29.3 Å². The molecule has 0 bridgehead atoms. The summed E-state index contributed by atoms with van der Waals surface area (Å²) in [5.41, 5.74) is 0. The number of guanidine groups is 1. The molecule has 0 amide bonds. The summed E-state index contributed by atoms with van der Waals surface area (Å²) in [5, 5.41) is 6.28. The zero-order chi connectivity index (χ0) is 14.6. The molecular weight excluding hydrogens is 385 g/mol. The third kappa shape index (κ3) is 8.61. The highest BCUT2D eigenvalue weighted by Crippen LogP contribution is 2.16. The summed E-state index contributed by atoms with van der Waals surface area (Å²) >= 11 is 0. The molecule has 120 valence electrons. The van der Waals surface area contributed by atoms with E-state index >= 15 is 0 Å². The van der Waals surface area contributed by atoms with Gasteiger partial charge in [-0.25, -0.2) is 0 Å². The Morgan fingerprint density at radius 3 is 2.10 bits per heavy atom. The molecule has 0 aliphatic rings. The fourth-order valence-corrected chi connectivity index (χ4v) is 1.50. The normalized spacial score (nSPS) is 10.5. The van der Waals surface area contributed by atoms with Gasteiger partial charge in [-0.05, 0) is 24.3 Å². The van der Waals surface area contributed by atoms with E-state index in [1.165, 1.54) is 0 Å². The van der Waals surface area contributed by atoms with E-state index in [2.05, 4.69) is 15.6 Å². The number of aliphatic imine (C=N–C) groups is 1. The van der Waals surface area contributed by atoms with Gasteiger partial charge in [0.05, 0.1) is 20.3 Å². The number of ether oxygens (including phenoxy) is 3. The molecule has 21 heavy (non-hydrogen) atoms. The van der Waals surface area contributed by atoms with Gasteiger partial charge in [-0.3, -0.25) is 4.99 Å². The molecule has 0 heterocycles. The van der Waals surface area contributed by atoms with Crippen LogP contribution in [0.5, 0.6) is 11.5 Å². The second kappa shape index (κ2) is 12.5. The SMILES string of the molecule is CN=C(NCCOC)NCCOc1ccc(OC)cc1.I. The Balaban J connectivity index is 0.00000400. The van der Waals surface area contributed by atoms with Gasteiger partial charge in [0, 0.05) is 20.7 Å². The molecule has 1 aromatic carbocycles. The Labute approximate surface area is 143 Å². The predicted molar refractivity (Wildman–Crippen MR) is 95.1 cm³/mol. The lowest BCUT2D eigenvalue weighted by molar-refractivity contribution is 0.203. The number of methoxy groups -OCH3 is 2. The third-order valence-electron chi connectivity index (χ3n) is 2.54. The molecule has 2 N–H and O–H groups in total. The number of nitrogens with zero attached hydrogens (tertiary/aromatic N) is 1. The maximum atomic E-state index is 5.60. The van der Waals surface area contributed by atoms with Crippen LogP contribution in [-0.4, -0.2) is 53.5 Å². The van der Waals surface area contributed by atoms with E-state index in [4.69, 9.17) is 14.2 Å². The van der Waals surface area contributed by atoms with Crippen molar-refractivity contribution < 1.29 is 14.2 Å². The van der Waals surface area contributed by atoms with E-state index in [9.17, 15) is 0 Å². The largest absolute Gasteiger partial charge is 0.497 e. The standard InChI is InChI=1S/C14H23N3O3.HI/c1-15-14(16-8-10-18-2)17-9-11-20-13-6-4-12(19-3)5-7-13;/h4-7H,8-11H2,1-3H3,(H2,15,16,17);1H. The Morgan fingerprint density at radius 2 is 1.57 bits per heavy atom. The number of hydrogen-bond acceptors (Lipinski definition) is 4. The highest BCUT2D eigenvalue weighted by molar-refractivity contribution is 14.0. The Morgan fingerprint density at radius 1 is 1.00 bits per heavy atom. The van der Waals surface area contributed by atoms with Crippen LogP contribution in [0.1, 0.15) is 0 Å². The van der Waals surface area contributed by atoms with E-state index in [0.717, 1.165) is 24.0 Å². The molecule has 0 aromatic heterocycles. The van der Waals surface area contributed by atoms with Crippen molar-refractivity contribution >= 4 is 29.9 Å². The van der Waals surface area contributed by atoms with E-state index < -0.39 is 0 Å². The van der Waals surface area contributed by atoms with Crippen LogP contribution in [0.3, 0.4) is 0 Å². The summed E-state index contributed by atoms with van der Waals surface area (Å²) in [4.78, 5) is 4.09. The summed E-state index contributed by atoms with van der Waals surface area (Å²) in [6.45, 7) is 2.58. The fourth-order valence-electron chi connectivity index (χ4n) is 1.50. The molecular formula is C14H24IN3O3. The van der Waals surface area contributed by atoms with Crippen molar-refractivity contribution in [3.8, 4) is 11.5 Å². The van der Waals surface area contributed by atoms with Gasteiger partial charge in [0.15, 0.2) is 5.96 Å². The molecule has 6 nitrogen and oxygen atoms in total. The molecule has 0 saturated carbocycles. The van der Waals surface area contributed by atoms with Gasteiger partial charge in [0.25, 0.3) is 0 Å². The van der Waals surface area contributed by atoms with Crippen LogP contribution < -0.4 is 20.1 Å². The van der Waals surface area contributed by atoms with Crippen molar-refractivity contribution in [2.24, 2.45) is 4.99 Å². The molecule has 1 aromatic rings. The summed E-state index contributed by atoms with van der Waals surface area (Å²) in [7, 11) is 5.04. The van der Waals surface area contributed by atoms with Crippen molar-refractivity contribution in [1.29, 1.82) is 0 Å². The van der Waals surface area contributed by atoms with Gasteiger partial charge in [-0.2, -0.15) is 0 Å². The molecule has 0 aliphatic heterocycles. The lowest BCUT2D eigenvalue weighted by atomic mass is 10.3. The van der Waals surface area contributed by atoms with E-state index in [1.807, 2.05) is 24.3 Å². The lowest BCUT2D eigenvalue weighted by Crippen LogP contribution is -2.40. The van der Waals surface area contributed by atoms with Gasteiger partial charge in [0.1, 0.15) is 18.1 Å². The second-order valence-corrected chi connectivity index (χ2v) is 3.94. The first-order chi connectivity index (χ1) is 9.80. The number of hydrogen-bond donors (Lipinski definition) is 2. The first kappa shape index (κ1) is 19.8. The summed E-state index contributed by atoms with van der Waals surface area (Å²) < 4.78 is 15.6. The summed E-state index contributed by atoms with van der Waals surface area (Å²) in [6, 6.07) is 7.50. The first-order valence-electron chi connectivity index (χ1n) is 6.50. The zero-order valence-electron chi connectivity index (χ0n) is 12.7. The third-order valence-corrected chi connectivity index (χ3v) is 2.54. The number of benzene rings is 1. The van der Waals surface area contributed by atoms with Crippen molar-refractivity contribution in [3.63, 3.8) is 0 Å². The van der Waals surface area contributed by atoms with Crippen LogP contribution in [0.4, 0.5) is 0 Å². The van der Waals surface area contributed by atoms with Crippen molar-refractivity contribution in [2.75, 3.05) is 47.6 Å². The molecule has 0 fully saturated rings. The Kier molecular flexibility index (Phi) is 11.8. The molecule has 0 unspecified atom stereocenters. The van der Waals surface area contributed by atoms with Crippen LogP contribution in [0, 0.1) is 0 Å². The predicted octanol–water partition coefficient (Wildman–Crippen LogP) is 1.50. The molecule has 1 rings (SSSR count). The van der Waals surface area contributed by atoms with Crippen LogP contribution in [-0.2, 0) is 4.74 Å². The second-order valence-electron chi connectivity index (χ2n) is 3.94. The molecule has 0 atom stereocenters. The molecule has 7 heteroatoms. The molecule has 0 aliphatic carbocycles. The number of halogens is 1. The smallest absolute Gasteiger partial charge is 0.191 e. The average Bonchev–Trinajstić information content (AvgIpc) is 2.50.